The summed E-state index contributed by atoms with van der Waals surface area (Å²) in [7, 11) is 0. The average molecular weight is 472 g/mol. The van der Waals surface area contributed by atoms with Crippen molar-refractivity contribution in [2.75, 3.05) is 49.6 Å². The van der Waals surface area contributed by atoms with E-state index in [0.29, 0.717) is 5.82 Å². The van der Waals surface area contributed by atoms with Crippen LogP contribution in [0.4, 0.5) is 11.5 Å². The van der Waals surface area contributed by atoms with E-state index in [1.807, 2.05) is 30.5 Å². The Bertz CT molecular complexity index is 1230. The van der Waals surface area contributed by atoms with E-state index in [-0.39, 0.29) is 23.3 Å². The standard InChI is InChI=1S/C28H33N5O2/c1-19-13-21-17-30-26(31-27(34)23-16-22(23)24-5-3-4-7-29-24)15-20(21)14-25(19)32-8-10-33(11-9-32)28(2)6-12-35-18-28/h3-5,7,13-15,17,22-23H,6,8-12,16,18H2,1-2H3,(H,30,31,34)/t22-,23-,28?/m0/s1. The van der Waals surface area contributed by atoms with Crippen LogP contribution in [0.3, 0.4) is 0 Å². The van der Waals surface area contributed by atoms with Gasteiger partial charge in [-0.05, 0) is 68.0 Å². The highest BCUT2D eigenvalue weighted by Crippen LogP contribution is 2.47. The molecule has 1 amide bonds. The summed E-state index contributed by atoms with van der Waals surface area (Å²) in [6.07, 6.45) is 5.62. The fourth-order valence-electron chi connectivity index (χ4n) is 5.72. The van der Waals surface area contributed by atoms with Crippen molar-refractivity contribution < 1.29 is 9.53 Å². The Morgan fingerprint density at radius 3 is 2.71 bits per heavy atom. The second-order valence-electron chi connectivity index (χ2n) is 10.5. The molecule has 1 saturated carbocycles. The number of carbonyl (C=O) groups excluding carboxylic acids is 1. The maximum atomic E-state index is 12.8. The molecule has 2 aromatic heterocycles. The van der Waals surface area contributed by atoms with Crippen LogP contribution >= 0.6 is 0 Å². The van der Waals surface area contributed by atoms with Crippen molar-refractivity contribution in [3.63, 3.8) is 0 Å². The van der Waals surface area contributed by atoms with Gasteiger partial charge in [0.15, 0.2) is 0 Å². The predicted molar refractivity (Wildman–Crippen MR) is 138 cm³/mol. The number of rotatable bonds is 5. The van der Waals surface area contributed by atoms with Crippen LogP contribution in [-0.2, 0) is 9.53 Å². The molecule has 2 aliphatic heterocycles. The van der Waals surface area contributed by atoms with Crippen LogP contribution in [0.1, 0.15) is 36.9 Å². The molecule has 0 radical (unpaired) electrons. The van der Waals surface area contributed by atoms with Gasteiger partial charge in [-0.1, -0.05) is 6.07 Å². The van der Waals surface area contributed by atoms with Gasteiger partial charge < -0.3 is 15.0 Å². The highest BCUT2D eigenvalue weighted by atomic mass is 16.5. The van der Waals surface area contributed by atoms with Gasteiger partial charge in [-0.3, -0.25) is 14.7 Å². The molecule has 6 rings (SSSR count). The molecule has 4 heterocycles. The number of pyridine rings is 2. The number of nitrogens with one attached hydrogen (secondary N) is 1. The molecule has 7 nitrogen and oxygen atoms in total. The third-order valence-corrected chi connectivity index (χ3v) is 8.06. The average Bonchev–Trinajstić information content (AvgIpc) is 3.57. The van der Waals surface area contributed by atoms with Crippen LogP contribution in [0.25, 0.3) is 10.8 Å². The third kappa shape index (κ3) is 4.39. The Labute approximate surface area is 206 Å². The summed E-state index contributed by atoms with van der Waals surface area (Å²) in [5, 5.41) is 5.24. The van der Waals surface area contributed by atoms with E-state index in [4.69, 9.17) is 4.74 Å². The molecule has 35 heavy (non-hydrogen) atoms. The molecule has 0 bridgehead atoms. The summed E-state index contributed by atoms with van der Waals surface area (Å²) in [5.74, 6) is 0.824. The highest BCUT2D eigenvalue weighted by molar-refractivity contribution is 5.97. The lowest BCUT2D eigenvalue weighted by Crippen LogP contribution is -2.56. The first-order chi connectivity index (χ1) is 17.0. The summed E-state index contributed by atoms with van der Waals surface area (Å²) in [6.45, 7) is 10.3. The lowest BCUT2D eigenvalue weighted by Gasteiger charge is -2.44. The van der Waals surface area contributed by atoms with E-state index in [2.05, 4.69) is 51.1 Å². The predicted octanol–water partition coefficient (Wildman–Crippen LogP) is 3.98. The minimum atomic E-state index is -0.0283. The van der Waals surface area contributed by atoms with Gasteiger partial charge >= 0.3 is 0 Å². The fraction of sp³-hybridized carbons (Fsp3) is 0.464. The number of aromatic nitrogens is 2. The molecule has 3 aliphatic rings. The number of benzene rings is 1. The number of hydrogen-bond donors (Lipinski definition) is 1. The van der Waals surface area contributed by atoms with Gasteiger partial charge in [-0.15, -0.1) is 0 Å². The molecule has 1 aliphatic carbocycles. The molecule has 1 unspecified atom stereocenters. The fourth-order valence-corrected chi connectivity index (χ4v) is 5.72. The monoisotopic (exact) mass is 471 g/mol. The zero-order valence-corrected chi connectivity index (χ0v) is 20.5. The lowest BCUT2D eigenvalue weighted by molar-refractivity contribution is -0.117. The molecule has 2 saturated heterocycles. The van der Waals surface area contributed by atoms with Gasteiger partial charge in [0.2, 0.25) is 5.91 Å². The maximum absolute atomic E-state index is 12.8. The Kier molecular flexibility index (Phi) is 5.69. The summed E-state index contributed by atoms with van der Waals surface area (Å²) < 4.78 is 5.68. The van der Waals surface area contributed by atoms with E-state index in [0.717, 1.165) is 68.7 Å². The second-order valence-corrected chi connectivity index (χ2v) is 10.5. The van der Waals surface area contributed by atoms with Crippen molar-refractivity contribution in [1.82, 2.24) is 14.9 Å². The minimum Gasteiger partial charge on any atom is -0.379 e. The van der Waals surface area contributed by atoms with E-state index in [9.17, 15) is 4.79 Å². The van der Waals surface area contributed by atoms with E-state index >= 15 is 0 Å². The first-order valence-electron chi connectivity index (χ1n) is 12.7. The number of hydrogen-bond acceptors (Lipinski definition) is 6. The van der Waals surface area contributed by atoms with Crippen LogP contribution in [0, 0.1) is 12.8 Å². The number of fused-ring (bicyclic) bond motifs is 1. The minimum absolute atomic E-state index is 0.0281. The number of anilines is 2. The Balaban J connectivity index is 1.15. The SMILES string of the molecule is Cc1cc2cnc(NC(=O)[C@H]3C[C@@H]3c3ccccn3)cc2cc1N1CCN(C2(C)CCOC2)CC1. The van der Waals surface area contributed by atoms with Crippen molar-refractivity contribution in [2.45, 2.75) is 38.1 Å². The van der Waals surface area contributed by atoms with Crippen molar-refractivity contribution in [3.8, 4) is 0 Å². The quantitative estimate of drug-likeness (QED) is 0.607. The van der Waals surface area contributed by atoms with Gasteiger partial charge in [0, 0.05) is 79.3 Å². The summed E-state index contributed by atoms with van der Waals surface area (Å²) in [4.78, 5) is 26.8. The molecule has 7 heteroatoms. The third-order valence-electron chi connectivity index (χ3n) is 8.06. The van der Waals surface area contributed by atoms with Crippen LogP contribution in [0.15, 0.2) is 48.8 Å². The highest BCUT2D eigenvalue weighted by Gasteiger charge is 2.45. The van der Waals surface area contributed by atoms with Crippen LogP contribution < -0.4 is 10.2 Å². The molecule has 1 N–H and O–H groups in total. The molecule has 3 aromatic rings. The largest absolute Gasteiger partial charge is 0.379 e. The smallest absolute Gasteiger partial charge is 0.229 e. The summed E-state index contributed by atoms with van der Waals surface area (Å²) in [5.41, 5.74) is 3.70. The van der Waals surface area contributed by atoms with Crippen molar-refractivity contribution in [2.24, 2.45) is 5.92 Å². The van der Waals surface area contributed by atoms with Gasteiger partial charge in [0.05, 0.1) is 6.61 Å². The van der Waals surface area contributed by atoms with Crippen LogP contribution in [0.5, 0.6) is 0 Å². The van der Waals surface area contributed by atoms with Crippen LogP contribution in [0.2, 0.25) is 0 Å². The second kappa shape index (κ2) is 8.88. The summed E-state index contributed by atoms with van der Waals surface area (Å²) >= 11 is 0. The van der Waals surface area contributed by atoms with E-state index in [1.54, 1.807) is 6.20 Å². The normalized spacial score (nSPS) is 26.7. The molecule has 182 valence electrons. The van der Waals surface area contributed by atoms with Crippen molar-refractivity contribution in [1.29, 1.82) is 0 Å². The number of nitrogens with zero attached hydrogens (tertiary/aromatic N) is 4. The lowest BCUT2D eigenvalue weighted by atomic mass is 9.97. The zero-order valence-electron chi connectivity index (χ0n) is 20.5. The Morgan fingerprint density at radius 1 is 1.11 bits per heavy atom. The van der Waals surface area contributed by atoms with Gasteiger partial charge in [-0.2, -0.15) is 0 Å². The maximum Gasteiger partial charge on any atom is 0.229 e. The van der Waals surface area contributed by atoms with Gasteiger partial charge in [0.25, 0.3) is 0 Å². The molecule has 0 spiro atoms. The van der Waals surface area contributed by atoms with Gasteiger partial charge in [0.1, 0.15) is 5.82 Å². The number of carbonyl (C=O) groups is 1. The Hall–Kier alpha value is -3.03. The molecule has 3 fully saturated rings. The number of piperazine rings is 1. The Morgan fingerprint density at radius 2 is 1.97 bits per heavy atom. The number of amides is 1. The molecular formula is C28H33N5O2. The molecule has 3 atom stereocenters. The first kappa shape index (κ1) is 22.4. The van der Waals surface area contributed by atoms with Crippen molar-refractivity contribution in [3.05, 3.63) is 60.0 Å². The molecular weight excluding hydrogens is 438 g/mol. The van der Waals surface area contributed by atoms with E-state index in [1.165, 1.54) is 11.3 Å². The molecule has 1 aromatic carbocycles. The topological polar surface area (TPSA) is 70.6 Å². The zero-order chi connectivity index (χ0) is 24.0. The first-order valence-corrected chi connectivity index (χ1v) is 12.7. The van der Waals surface area contributed by atoms with Crippen LogP contribution in [-0.4, -0.2) is 65.7 Å². The van der Waals surface area contributed by atoms with Gasteiger partial charge in [-0.25, -0.2) is 4.98 Å². The van der Waals surface area contributed by atoms with Crippen molar-refractivity contribution >= 4 is 28.2 Å². The number of ether oxygens (including phenoxy) is 1. The summed E-state index contributed by atoms with van der Waals surface area (Å²) in [6, 6.07) is 12.3. The number of aryl methyl sites for hydroxylation is 1. The van der Waals surface area contributed by atoms with E-state index < -0.39 is 0 Å².